The van der Waals surface area contributed by atoms with Crippen molar-refractivity contribution in [2.45, 2.75) is 64.2 Å². The summed E-state index contributed by atoms with van der Waals surface area (Å²) in [5.41, 5.74) is 0. The topological polar surface area (TPSA) is 35.5 Å². The van der Waals surface area contributed by atoms with Gasteiger partial charge < -0.3 is 14.0 Å². The second kappa shape index (κ2) is 9.37. The molecule has 1 heterocycles. The van der Waals surface area contributed by atoms with Crippen LogP contribution in [0.4, 0.5) is 0 Å². The Kier molecular flexibility index (Phi) is 7.09. The molecule has 1 saturated heterocycles. The summed E-state index contributed by atoms with van der Waals surface area (Å²) < 4.78 is 13.0. The molecule has 1 aliphatic heterocycles. The first kappa shape index (κ1) is 21.9. The second-order valence-corrected chi connectivity index (χ2v) is 13.5. The van der Waals surface area contributed by atoms with Gasteiger partial charge in [-0.25, -0.2) is 0 Å². The van der Waals surface area contributed by atoms with Crippen molar-refractivity contribution < 1.29 is 14.0 Å². The van der Waals surface area contributed by atoms with E-state index in [1.807, 2.05) is 0 Å². The Bertz CT molecular complexity index is 730. The molecule has 4 heteroatoms. The Morgan fingerprint density at radius 1 is 1.00 bits per heavy atom. The van der Waals surface area contributed by atoms with E-state index in [0.29, 0.717) is 12.5 Å². The van der Waals surface area contributed by atoms with Crippen LogP contribution in [0.2, 0.25) is 5.04 Å². The minimum Gasteiger partial charge on any atom is -0.407 e. The maximum absolute atomic E-state index is 11.2. The van der Waals surface area contributed by atoms with E-state index in [1.54, 1.807) is 0 Å². The van der Waals surface area contributed by atoms with Crippen molar-refractivity contribution in [3.63, 3.8) is 0 Å². The molecule has 0 saturated carbocycles. The third-order valence-corrected chi connectivity index (χ3v) is 11.2. The molecule has 1 fully saturated rings. The zero-order valence-electron chi connectivity index (χ0n) is 18.1. The van der Waals surface area contributed by atoms with E-state index >= 15 is 0 Å². The molecule has 0 spiro atoms. The van der Waals surface area contributed by atoms with E-state index in [9.17, 15) is 4.79 Å². The molecule has 0 radical (unpaired) electrons. The highest BCUT2D eigenvalue weighted by Gasteiger charge is 2.50. The fourth-order valence-electron chi connectivity index (χ4n) is 4.58. The van der Waals surface area contributed by atoms with Gasteiger partial charge in [0.25, 0.3) is 8.32 Å². The monoisotopic (exact) mass is 410 g/mol. The Morgan fingerprint density at radius 3 is 2.03 bits per heavy atom. The van der Waals surface area contributed by atoms with Gasteiger partial charge in [0.1, 0.15) is 12.4 Å². The largest absolute Gasteiger partial charge is 0.407 e. The molecule has 3 nitrogen and oxygen atoms in total. The van der Waals surface area contributed by atoms with Crippen LogP contribution < -0.4 is 10.4 Å². The van der Waals surface area contributed by atoms with Crippen molar-refractivity contribution in [3.8, 4) is 0 Å². The lowest BCUT2D eigenvalue weighted by Gasteiger charge is -2.43. The Labute approximate surface area is 176 Å². The summed E-state index contributed by atoms with van der Waals surface area (Å²) in [7, 11) is -2.51. The molecule has 29 heavy (non-hydrogen) atoms. The average Bonchev–Trinajstić information content (AvgIpc) is 2.73. The Balaban J connectivity index is 1.89. The van der Waals surface area contributed by atoms with Crippen LogP contribution in [-0.2, 0) is 14.0 Å². The van der Waals surface area contributed by atoms with Crippen molar-refractivity contribution >= 4 is 25.0 Å². The number of hydrogen-bond acceptors (Lipinski definition) is 3. The van der Waals surface area contributed by atoms with E-state index in [0.717, 1.165) is 25.5 Å². The van der Waals surface area contributed by atoms with E-state index in [4.69, 9.17) is 9.16 Å². The van der Waals surface area contributed by atoms with Gasteiger partial charge in [-0.2, -0.15) is 0 Å². The highest BCUT2D eigenvalue weighted by Crippen LogP contribution is 2.37. The highest BCUT2D eigenvalue weighted by molar-refractivity contribution is 6.99. The van der Waals surface area contributed by atoms with Gasteiger partial charge in [-0.3, -0.25) is 0 Å². The van der Waals surface area contributed by atoms with Gasteiger partial charge in [-0.05, 0) is 40.6 Å². The summed E-state index contributed by atoms with van der Waals surface area (Å²) in [6, 6.07) is 21.4. The average molecular weight is 411 g/mol. The summed E-state index contributed by atoms with van der Waals surface area (Å²) in [5, 5.41) is 2.56. The first-order valence-electron chi connectivity index (χ1n) is 10.7. The lowest BCUT2D eigenvalue weighted by Crippen LogP contribution is -2.66. The predicted octanol–water partition coefficient (Wildman–Crippen LogP) is 4.34. The standard InChI is InChI=1S/C25H34O3Si/c1-20-15-16-21(19-26)28-24(20)17-18-27-29(25(2,3)4,22-11-7-5-8-12-22)23-13-9-6-10-14-23/h5-14,19-21,24H,15-18H2,1-4H3/t20-,21-,24+/m0/s1. The van der Waals surface area contributed by atoms with Crippen molar-refractivity contribution in [1.82, 2.24) is 0 Å². The van der Waals surface area contributed by atoms with E-state index in [1.165, 1.54) is 10.4 Å². The molecule has 0 unspecified atom stereocenters. The number of carbonyl (C=O) groups is 1. The van der Waals surface area contributed by atoms with Crippen molar-refractivity contribution in [2.24, 2.45) is 5.92 Å². The van der Waals surface area contributed by atoms with Gasteiger partial charge in [-0.1, -0.05) is 88.4 Å². The van der Waals surface area contributed by atoms with Crippen LogP contribution in [0.3, 0.4) is 0 Å². The third kappa shape index (κ3) is 4.71. The molecule has 0 bridgehead atoms. The molecular formula is C25H34O3Si. The Hall–Kier alpha value is -1.75. The number of ether oxygens (including phenoxy) is 1. The van der Waals surface area contributed by atoms with Crippen molar-refractivity contribution in [2.75, 3.05) is 6.61 Å². The molecule has 3 atom stereocenters. The second-order valence-electron chi connectivity index (χ2n) is 9.20. The predicted molar refractivity (Wildman–Crippen MR) is 121 cm³/mol. The summed E-state index contributed by atoms with van der Waals surface area (Å²) in [6.07, 6.45) is 3.45. The number of aldehydes is 1. The van der Waals surface area contributed by atoms with E-state index < -0.39 is 8.32 Å². The highest BCUT2D eigenvalue weighted by atomic mass is 28.4. The van der Waals surface area contributed by atoms with Crippen molar-refractivity contribution in [1.29, 1.82) is 0 Å². The van der Waals surface area contributed by atoms with Gasteiger partial charge >= 0.3 is 0 Å². The lowest BCUT2D eigenvalue weighted by atomic mass is 9.92. The van der Waals surface area contributed by atoms with Crippen LogP contribution in [0.25, 0.3) is 0 Å². The quantitative estimate of drug-likeness (QED) is 0.503. The van der Waals surface area contributed by atoms with Crippen LogP contribution in [0.5, 0.6) is 0 Å². The summed E-state index contributed by atoms with van der Waals surface area (Å²) >= 11 is 0. The molecule has 1 aliphatic rings. The third-order valence-electron chi connectivity index (χ3n) is 6.18. The molecule has 2 aromatic rings. The molecular weight excluding hydrogens is 376 g/mol. The summed E-state index contributed by atoms with van der Waals surface area (Å²) in [6.45, 7) is 9.73. The number of carbonyl (C=O) groups excluding carboxylic acids is 1. The molecule has 2 aromatic carbocycles. The summed E-state index contributed by atoms with van der Waals surface area (Å²) in [5.74, 6) is 0.453. The maximum atomic E-state index is 11.2. The van der Waals surface area contributed by atoms with E-state index in [-0.39, 0.29) is 17.2 Å². The zero-order valence-corrected chi connectivity index (χ0v) is 19.1. The SMILES string of the molecule is C[C@H]1CC[C@@H](C=O)O[C@@H]1CCO[Si](c1ccccc1)(c1ccccc1)C(C)(C)C. The fourth-order valence-corrected chi connectivity index (χ4v) is 9.16. The molecule has 3 rings (SSSR count). The van der Waals surface area contributed by atoms with Gasteiger partial charge in [0, 0.05) is 6.61 Å². The molecule has 0 aromatic heterocycles. The molecule has 156 valence electrons. The smallest absolute Gasteiger partial charge is 0.261 e. The summed E-state index contributed by atoms with van der Waals surface area (Å²) in [4.78, 5) is 11.2. The number of benzene rings is 2. The maximum Gasteiger partial charge on any atom is 0.261 e. The van der Waals surface area contributed by atoms with Crippen LogP contribution in [0.15, 0.2) is 60.7 Å². The van der Waals surface area contributed by atoms with Crippen molar-refractivity contribution in [3.05, 3.63) is 60.7 Å². The van der Waals surface area contributed by atoms with Gasteiger partial charge in [-0.15, -0.1) is 0 Å². The van der Waals surface area contributed by atoms with Crippen LogP contribution in [-0.4, -0.2) is 33.4 Å². The van der Waals surface area contributed by atoms with Crippen LogP contribution in [0.1, 0.15) is 47.0 Å². The normalized spacial score (nSPS) is 23.0. The first-order chi connectivity index (χ1) is 13.9. The van der Waals surface area contributed by atoms with Gasteiger partial charge in [0.15, 0.2) is 0 Å². The zero-order chi connectivity index (χ0) is 20.9. The molecule has 0 aliphatic carbocycles. The van der Waals surface area contributed by atoms with E-state index in [2.05, 4.69) is 88.4 Å². The lowest BCUT2D eigenvalue weighted by molar-refractivity contribution is -0.132. The van der Waals surface area contributed by atoms with Gasteiger partial charge in [0.2, 0.25) is 0 Å². The first-order valence-corrected chi connectivity index (χ1v) is 12.6. The fraction of sp³-hybridized carbons (Fsp3) is 0.480. The number of rotatable bonds is 7. The molecule has 0 N–H and O–H groups in total. The Morgan fingerprint density at radius 2 is 1.55 bits per heavy atom. The minimum atomic E-state index is -2.51. The van der Waals surface area contributed by atoms with Gasteiger partial charge in [0.05, 0.1) is 6.10 Å². The minimum absolute atomic E-state index is 0.0277. The van der Waals surface area contributed by atoms with Crippen LogP contribution in [0, 0.1) is 5.92 Å². The van der Waals surface area contributed by atoms with Crippen LogP contribution >= 0.6 is 0 Å². The number of hydrogen-bond donors (Lipinski definition) is 0. The molecule has 0 amide bonds.